The number of methoxy groups -OCH3 is 1. The molecule has 4 rings (SSSR count). The van der Waals surface area contributed by atoms with E-state index in [1.807, 2.05) is 0 Å². The smallest absolute Gasteiger partial charge is 0.272 e. The Morgan fingerprint density at radius 3 is 2.44 bits per heavy atom. The minimum absolute atomic E-state index is 0.0714. The Balaban J connectivity index is 1.74. The standard InChI is InChI=1S/C24H25B3N8O4/c1-34(2)23(38)17-10-15(33-35(17)3)13-6-5-7-14(20(13)39-4)28-16-11-18(29-21(36)12-8-9-12)31-32-19(16)22(37)30-24(25,26)27/h5-7,10-12H,8-9H2,1-4H3,(H,30,37)(H2,28,29,31,36). The molecule has 1 aromatic carbocycles. The number of amides is 3. The molecule has 0 unspecified atom stereocenters. The summed E-state index contributed by atoms with van der Waals surface area (Å²) >= 11 is 0. The van der Waals surface area contributed by atoms with Crippen LogP contribution in [0.1, 0.15) is 33.8 Å². The first-order chi connectivity index (χ1) is 18.4. The number of ether oxygens (including phenoxy) is 1. The van der Waals surface area contributed by atoms with Crippen molar-refractivity contribution in [2.24, 2.45) is 13.0 Å². The summed E-state index contributed by atoms with van der Waals surface area (Å²) in [6.07, 6.45) is 1.60. The lowest BCUT2D eigenvalue weighted by Gasteiger charge is -2.23. The second-order valence-corrected chi connectivity index (χ2v) is 9.39. The largest absolute Gasteiger partial charge is 0.494 e. The predicted octanol–water partition coefficient (Wildman–Crippen LogP) is 0.526. The van der Waals surface area contributed by atoms with E-state index in [1.165, 1.54) is 22.8 Å². The van der Waals surface area contributed by atoms with Gasteiger partial charge in [-0.2, -0.15) is 5.10 Å². The Hall–Kier alpha value is -4.29. The summed E-state index contributed by atoms with van der Waals surface area (Å²) in [7, 11) is 23.1. The number of rotatable bonds is 9. The fourth-order valence-electron chi connectivity index (χ4n) is 3.78. The minimum Gasteiger partial charge on any atom is -0.494 e. The second kappa shape index (κ2) is 10.8. The van der Waals surface area contributed by atoms with Crippen LogP contribution in [0.25, 0.3) is 11.3 Å². The molecule has 0 saturated heterocycles. The highest BCUT2D eigenvalue weighted by atomic mass is 16.5. The number of nitrogens with zero attached hydrogens (tertiary/aromatic N) is 5. The Labute approximate surface area is 229 Å². The number of nitrogens with one attached hydrogen (secondary N) is 3. The van der Waals surface area contributed by atoms with Gasteiger partial charge in [-0.15, -0.1) is 10.2 Å². The molecule has 1 aliphatic carbocycles. The van der Waals surface area contributed by atoms with Crippen LogP contribution in [0.3, 0.4) is 0 Å². The number of carbonyl (C=O) groups excluding carboxylic acids is 3. The molecule has 3 amide bonds. The van der Waals surface area contributed by atoms with Crippen molar-refractivity contribution in [2.75, 3.05) is 31.8 Å². The monoisotopic (exact) mass is 522 g/mol. The van der Waals surface area contributed by atoms with Gasteiger partial charge in [0, 0.05) is 38.7 Å². The van der Waals surface area contributed by atoms with Crippen LogP contribution >= 0.6 is 0 Å². The van der Waals surface area contributed by atoms with Crippen LogP contribution < -0.4 is 20.7 Å². The molecular formula is C24H25B3N8O4. The van der Waals surface area contributed by atoms with Crippen molar-refractivity contribution < 1.29 is 19.1 Å². The van der Waals surface area contributed by atoms with Crippen LogP contribution in [-0.2, 0) is 11.8 Å². The zero-order valence-corrected chi connectivity index (χ0v) is 22.0. The lowest BCUT2D eigenvalue weighted by molar-refractivity contribution is -0.117. The minimum atomic E-state index is -2.01. The number of aromatic nitrogens is 4. The molecule has 0 atom stereocenters. The van der Waals surface area contributed by atoms with Crippen LogP contribution in [0.4, 0.5) is 17.2 Å². The first-order valence-corrected chi connectivity index (χ1v) is 12.0. The van der Waals surface area contributed by atoms with Gasteiger partial charge in [0.1, 0.15) is 5.69 Å². The van der Waals surface area contributed by atoms with E-state index in [9.17, 15) is 14.4 Å². The highest BCUT2D eigenvalue weighted by Gasteiger charge is 2.30. The molecule has 0 spiro atoms. The highest BCUT2D eigenvalue weighted by Crippen LogP contribution is 2.38. The molecule has 39 heavy (non-hydrogen) atoms. The molecule has 3 aromatic rings. The number of hydrogen-bond donors (Lipinski definition) is 3. The first kappa shape index (κ1) is 27.7. The third kappa shape index (κ3) is 6.41. The Bertz CT molecular complexity index is 1430. The summed E-state index contributed by atoms with van der Waals surface area (Å²) in [6.45, 7) is 0. The van der Waals surface area contributed by atoms with Gasteiger partial charge in [-0.1, -0.05) is 11.3 Å². The lowest BCUT2D eigenvalue weighted by Crippen LogP contribution is -2.50. The van der Waals surface area contributed by atoms with E-state index >= 15 is 0 Å². The number of hydrogen-bond acceptors (Lipinski definition) is 8. The van der Waals surface area contributed by atoms with Crippen LogP contribution in [0.2, 0.25) is 0 Å². The summed E-state index contributed by atoms with van der Waals surface area (Å²) in [5, 5.41) is 18.4. The lowest BCUT2D eigenvalue weighted by atomic mass is 9.49. The number of anilines is 3. The van der Waals surface area contributed by atoms with E-state index < -0.39 is 11.1 Å². The fourth-order valence-corrected chi connectivity index (χ4v) is 3.78. The molecule has 1 saturated carbocycles. The van der Waals surface area contributed by atoms with Crippen LogP contribution in [0.5, 0.6) is 5.75 Å². The molecule has 2 aromatic heterocycles. The maximum absolute atomic E-state index is 12.9. The van der Waals surface area contributed by atoms with E-state index in [1.54, 1.807) is 45.4 Å². The Morgan fingerprint density at radius 2 is 1.82 bits per heavy atom. The normalized spacial score (nSPS) is 12.9. The van der Waals surface area contributed by atoms with Crippen molar-refractivity contribution in [1.82, 2.24) is 30.2 Å². The van der Waals surface area contributed by atoms with Crippen molar-refractivity contribution in [3.8, 4) is 17.0 Å². The average molecular weight is 522 g/mol. The molecule has 12 nitrogen and oxygen atoms in total. The van der Waals surface area contributed by atoms with Gasteiger partial charge in [0.25, 0.3) is 11.8 Å². The number of carbonyl (C=O) groups is 3. The zero-order valence-electron chi connectivity index (χ0n) is 22.0. The summed E-state index contributed by atoms with van der Waals surface area (Å²) in [5.41, 5.74) is 1.87. The molecule has 0 bridgehead atoms. The maximum Gasteiger partial charge on any atom is 0.272 e. The van der Waals surface area contributed by atoms with E-state index in [0.717, 1.165) is 12.8 Å². The number of benzene rings is 1. The van der Waals surface area contributed by atoms with Gasteiger partial charge in [0.05, 0.1) is 47.7 Å². The molecular weight excluding hydrogens is 497 g/mol. The summed E-state index contributed by atoms with van der Waals surface area (Å²) in [5.74, 6) is -0.758. The number of para-hydroxylation sites is 1. The van der Waals surface area contributed by atoms with Gasteiger partial charge in [-0.25, -0.2) is 0 Å². The van der Waals surface area contributed by atoms with Gasteiger partial charge in [0.15, 0.2) is 17.3 Å². The van der Waals surface area contributed by atoms with Crippen LogP contribution in [0, 0.1) is 5.92 Å². The molecule has 15 heteroatoms. The van der Waals surface area contributed by atoms with Crippen LogP contribution in [-0.4, -0.2) is 92.6 Å². The highest BCUT2D eigenvalue weighted by molar-refractivity contribution is 6.60. The average Bonchev–Trinajstić information content (AvgIpc) is 3.64. The van der Waals surface area contributed by atoms with Gasteiger partial charge < -0.3 is 25.6 Å². The zero-order chi connectivity index (χ0) is 28.5. The van der Waals surface area contributed by atoms with Crippen molar-refractivity contribution in [1.29, 1.82) is 0 Å². The maximum atomic E-state index is 12.9. The Morgan fingerprint density at radius 1 is 1.10 bits per heavy atom. The van der Waals surface area contributed by atoms with Crippen molar-refractivity contribution >= 4 is 58.5 Å². The van der Waals surface area contributed by atoms with Crippen molar-refractivity contribution in [2.45, 2.75) is 18.1 Å². The topological polar surface area (TPSA) is 143 Å². The summed E-state index contributed by atoms with van der Waals surface area (Å²) < 4.78 is 7.19. The van der Waals surface area contributed by atoms with Gasteiger partial charge in [0.2, 0.25) is 5.91 Å². The summed E-state index contributed by atoms with van der Waals surface area (Å²) in [6, 6.07) is 8.35. The SMILES string of the molecule is [B]C([B])([B])NC(=O)c1nnc(NC(=O)C2CC2)cc1Nc1cccc(-c2cc(C(=O)N(C)C)n(C)n2)c1OC. The molecule has 2 heterocycles. The van der Waals surface area contributed by atoms with E-state index in [2.05, 4.69) is 31.2 Å². The molecule has 1 fully saturated rings. The fraction of sp³-hybridized carbons (Fsp3) is 0.333. The number of aryl methyl sites for hydroxylation is 1. The van der Waals surface area contributed by atoms with E-state index in [-0.39, 0.29) is 34.9 Å². The van der Waals surface area contributed by atoms with Gasteiger partial charge >= 0.3 is 0 Å². The van der Waals surface area contributed by atoms with E-state index in [0.29, 0.717) is 28.4 Å². The molecule has 1 aliphatic rings. The van der Waals surface area contributed by atoms with E-state index in [4.69, 9.17) is 28.3 Å². The molecule has 6 radical (unpaired) electrons. The first-order valence-electron chi connectivity index (χ1n) is 12.0. The third-order valence-electron chi connectivity index (χ3n) is 5.81. The molecule has 0 aliphatic heterocycles. The second-order valence-electron chi connectivity index (χ2n) is 9.39. The van der Waals surface area contributed by atoms with Crippen molar-refractivity contribution in [3.05, 3.63) is 41.7 Å². The molecule has 3 N–H and O–H groups in total. The Kier molecular flexibility index (Phi) is 7.71. The van der Waals surface area contributed by atoms with Gasteiger partial charge in [-0.05, 0) is 31.0 Å². The quantitative estimate of drug-likeness (QED) is 0.346. The van der Waals surface area contributed by atoms with Crippen LogP contribution in [0.15, 0.2) is 30.3 Å². The predicted molar refractivity (Wildman–Crippen MR) is 147 cm³/mol. The summed E-state index contributed by atoms with van der Waals surface area (Å²) in [4.78, 5) is 39.1. The third-order valence-corrected chi connectivity index (χ3v) is 5.81. The molecule has 194 valence electrons. The van der Waals surface area contributed by atoms with Crippen molar-refractivity contribution in [3.63, 3.8) is 0 Å². The van der Waals surface area contributed by atoms with Gasteiger partial charge in [-0.3, -0.25) is 19.1 Å².